The average molecular weight is 393 g/mol. The Hall–Kier alpha value is -3.32. The van der Waals surface area contributed by atoms with E-state index in [1.807, 2.05) is 36.4 Å². The summed E-state index contributed by atoms with van der Waals surface area (Å²) in [7, 11) is 0. The molecule has 6 nitrogen and oxygen atoms in total. The van der Waals surface area contributed by atoms with Crippen molar-refractivity contribution in [3.63, 3.8) is 0 Å². The first-order chi connectivity index (χ1) is 13.6. The van der Waals surface area contributed by atoms with Crippen molar-refractivity contribution >= 4 is 23.0 Å². The lowest BCUT2D eigenvalue weighted by Gasteiger charge is -2.14. The van der Waals surface area contributed by atoms with Gasteiger partial charge in [-0.25, -0.2) is 0 Å². The molecule has 0 bridgehead atoms. The quantitative estimate of drug-likeness (QED) is 0.418. The molecule has 7 heteroatoms. The van der Waals surface area contributed by atoms with Gasteiger partial charge in [0.1, 0.15) is 17.2 Å². The largest absolute Gasteiger partial charge is 0.508 e. The number of H-pyrrole nitrogens is 1. The highest BCUT2D eigenvalue weighted by molar-refractivity contribution is 7.71. The molecule has 4 rings (SSSR count). The summed E-state index contributed by atoms with van der Waals surface area (Å²) in [5.41, 5.74) is 1.28. The van der Waals surface area contributed by atoms with Gasteiger partial charge in [-0.05, 0) is 42.9 Å². The summed E-state index contributed by atoms with van der Waals surface area (Å²) < 4.78 is 8.06. The fourth-order valence-corrected chi connectivity index (χ4v) is 3.43. The number of hydrogen-bond acceptors (Lipinski definition) is 5. The Morgan fingerprint density at radius 1 is 1.07 bits per heavy atom. The molecule has 0 saturated heterocycles. The summed E-state index contributed by atoms with van der Waals surface area (Å²) in [5.74, 6) is 1.16. The van der Waals surface area contributed by atoms with Gasteiger partial charge in [0.2, 0.25) is 0 Å². The Balaban J connectivity index is 1.95. The SMILES string of the molecule is CCCOc1ccc(-n2c(-c3ccc(O)cc3O)n[nH]c2=S)c2ccccc12. The molecule has 0 aliphatic rings. The van der Waals surface area contributed by atoms with Gasteiger partial charge in [0.15, 0.2) is 10.6 Å². The van der Waals surface area contributed by atoms with Crippen molar-refractivity contribution in [2.24, 2.45) is 0 Å². The monoisotopic (exact) mass is 393 g/mol. The first-order valence-corrected chi connectivity index (χ1v) is 9.35. The molecular formula is C21H19N3O3S. The smallest absolute Gasteiger partial charge is 0.200 e. The number of aromatic amines is 1. The number of nitrogens with one attached hydrogen (secondary N) is 1. The normalized spacial score (nSPS) is 11.0. The Morgan fingerprint density at radius 2 is 1.86 bits per heavy atom. The van der Waals surface area contributed by atoms with Gasteiger partial charge in [-0.3, -0.25) is 9.67 Å². The molecule has 0 aliphatic carbocycles. The number of phenols is 2. The summed E-state index contributed by atoms with van der Waals surface area (Å²) in [4.78, 5) is 0. The highest BCUT2D eigenvalue weighted by Gasteiger charge is 2.17. The number of phenolic OH excluding ortho intramolecular Hbond substituents is 2. The van der Waals surface area contributed by atoms with Crippen molar-refractivity contribution in [1.29, 1.82) is 0 Å². The van der Waals surface area contributed by atoms with Crippen LogP contribution in [0.1, 0.15) is 13.3 Å². The second kappa shape index (κ2) is 7.36. The summed E-state index contributed by atoms with van der Waals surface area (Å²) in [6.07, 6.45) is 0.924. The molecule has 0 saturated carbocycles. The van der Waals surface area contributed by atoms with E-state index in [1.54, 1.807) is 10.6 Å². The first-order valence-electron chi connectivity index (χ1n) is 8.95. The maximum atomic E-state index is 10.3. The molecule has 142 valence electrons. The van der Waals surface area contributed by atoms with Crippen molar-refractivity contribution in [2.45, 2.75) is 13.3 Å². The fraction of sp³-hybridized carbons (Fsp3) is 0.143. The summed E-state index contributed by atoms with van der Waals surface area (Å²) in [6.45, 7) is 2.71. The Bertz CT molecular complexity index is 1210. The highest BCUT2D eigenvalue weighted by atomic mass is 32.1. The number of ether oxygens (including phenoxy) is 1. The summed E-state index contributed by atoms with van der Waals surface area (Å²) >= 11 is 5.47. The number of nitrogens with zero attached hydrogens (tertiary/aromatic N) is 2. The van der Waals surface area contributed by atoms with Crippen molar-refractivity contribution in [3.8, 4) is 34.3 Å². The molecule has 28 heavy (non-hydrogen) atoms. The minimum atomic E-state index is -0.0811. The van der Waals surface area contributed by atoms with Crippen molar-refractivity contribution in [1.82, 2.24) is 14.8 Å². The number of benzene rings is 3. The molecule has 3 N–H and O–H groups in total. The van der Waals surface area contributed by atoms with E-state index in [2.05, 4.69) is 17.1 Å². The second-order valence-electron chi connectivity index (χ2n) is 6.37. The molecule has 0 radical (unpaired) electrons. The van der Waals surface area contributed by atoms with E-state index in [9.17, 15) is 10.2 Å². The average Bonchev–Trinajstić information content (AvgIpc) is 3.07. The van der Waals surface area contributed by atoms with E-state index in [1.165, 1.54) is 12.1 Å². The van der Waals surface area contributed by atoms with Gasteiger partial charge in [0.25, 0.3) is 0 Å². The van der Waals surface area contributed by atoms with Crippen LogP contribution in [0.15, 0.2) is 54.6 Å². The topological polar surface area (TPSA) is 83.3 Å². The predicted octanol–water partition coefficient (Wildman–Crippen LogP) is 4.95. The van der Waals surface area contributed by atoms with Crippen LogP contribution in [0.25, 0.3) is 27.8 Å². The molecule has 4 aromatic rings. The molecule has 0 amide bonds. The maximum Gasteiger partial charge on any atom is 0.200 e. The Morgan fingerprint density at radius 3 is 2.61 bits per heavy atom. The van der Waals surface area contributed by atoms with Crippen LogP contribution in [0.2, 0.25) is 0 Å². The number of aromatic nitrogens is 3. The van der Waals surface area contributed by atoms with Crippen molar-refractivity contribution in [3.05, 3.63) is 59.4 Å². The second-order valence-corrected chi connectivity index (χ2v) is 6.75. The molecular weight excluding hydrogens is 374 g/mol. The zero-order chi connectivity index (χ0) is 19.7. The van der Waals surface area contributed by atoms with Gasteiger partial charge in [0.05, 0.1) is 17.9 Å². The zero-order valence-corrected chi connectivity index (χ0v) is 16.0. The molecule has 1 heterocycles. The summed E-state index contributed by atoms with van der Waals surface area (Å²) in [5, 5.41) is 28.9. The van der Waals surface area contributed by atoms with Crippen LogP contribution in [0.4, 0.5) is 0 Å². The summed E-state index contributed by atoms with van der Waals surface area (Å²) in [6, 6.07) is 16.1. The Kier molecular flexibility index (Phi) is 4.75. The molecule has 3 aromatic carbocycles. The minimum absolute atomic E-state index is 0.0233. The van der Waals surface area contributed by atoms with Crippen LogP contribution in [0.5, 0.6) is 17.2 Å². The molecule has 0 fully saturated rings. The highest BCUT2D eigenvalue weighted by Crippen LogP contribution is 2.36. The van der Waals surface area contributed by atoms with Crippen LogP contribution >= 0.6 is 12.2 Å². The van der Waals surface area contributed by atoms with Crippen LogP contribution in [0.3, 0.4) is 0 Å². The van der Waals surface area contributed by atoms with Crippen LogP contribution in [0, 0.1) is 4.77 Å². The standard InChI is InChI=1S/C21H19N3O3S/c1-2-11-27-19-10-9-17(14-5-3-4-6-15(14)19)24-20(22-23-21(24)28)16-8-7-13(25)12-18(16)26/h3-10,12,25-26H,2,11H2,1H3,(H,23,28). The van der Waals surface area contributed by atoms with E-state index >= 15 is 0 Å². The minimum Gasteiger partial charge on any atom is -0.508 e. The van der Waals surface area contributed by atoms with Crippen molar-refractivity contribution < 1.29 is 14.9 Å². The molecule has 1 aromatic heterocycles. The van der Waals surface area contributed by atoms with Crippen LogP contribution < -0.4 is 4.74 Å². The first kappa shape index (κ1) is 18.1. The lowest BCUT2D eigenvalue weighted by Crippen LogP contribution is -2.01. The third-order valence-electron chi connectivity index (χ3n) is 4.46. The number of fused-ring (bicyclic) bond motifs is 1. The number of rotatable bonds is 5. The van der Waals surface area contributed by atoms with Gasteiger partial charge in [0, 0.05) is 16.8 Å². The molecule has 0 unspecified atom stereocenters. The van der Waals surface area contributed by atoms with E-state index in [0.717, 1.165) is 28.6 Å². The zero-order valence-electron chi connectivity index (χ0n) is 15.2. The third kappa shape index (κ3) is 3.10. The van der Waals surface area contributed by atoms with E-state index < -0.39 is 0 Å². The van der Waals surface area contributed by atoms with Gasteiger partial charge in [-0.15, -0.1) is 0 Å². The maximum absolute atomic E-state index is 10.3. The van der Waals surface area contributed by atoms with Gasteiger partial charge in [-0.2, -0.15) is 5.10 Å². The van der Waals surface area contributed by atoms with E-state index in [-0.39, 0.29) is 11.5 Å². The van der Waals surface area contributed by atoms with Gasteiger partial charge in [-0.1, -0.05) is 31.2 Å². The van der Waals surface area contributed by atoms with Crippen LogP contribution in [-0.2, 0) is 0 Å². The fourth-order valence-electron chi connectivity index (χ4n) is 3.20. The van der Waals surface area contributed by atoms with Crippen molar-refractivity contribution in [2.75, 3.05) is 6.61 Å². The van der Waals surface area contributed by atoms with Gasteiger partial charge >= 0.3 is 0 Å². The van der Waals surface area contributed by atoms with Crippen LogP contribution in [-0.4, -0.2) is 31.6 Å². The predicted molar refractivity (Wildman–Crippen MR) is 111 cm³/mol. The van der Waals surface area contributed by atoms with E-state index in [4.69, 9.17) is 17.0 Å². The molecule has 0 spiro atoms. The lowest BCUT2D eigenvalue weighted by molar-refractivity contribution is 0.321. The van der Waals surface area contributed by atoms with Gasteiger partial charge < -0.3 is 14.9 Å². The Labute approximate surface area is 166 Å². The number of hydrogen-bond donors (Lipinski definition) is 3. The molecule has 0 aliphatic heterocycles. The molecule has 0 atom stereocenters. The third-order valence-corrected chi connectivity index (χ3v) is 4.73. The number of aromatic hydroxyl groups is 2. The lowest BCUT2D eigenvalue weighted by atomic mass is 10.1. The van der Waals surface area contributed by atoms with E-state index in [0.29, 0.717) is 22.8 Å².